The lowest BCUT2D eigenvalue weighted by Crippen LogP contribution is -2.00. The normalized spacial score (nSPS) is 11.9. The van der Waals surface area contributed by atoms with E-state index in [0.717, 1.165) is 54.8 Å². The first-order valence-corrected chi connectivity index (χ1v) is 16.1. The number of aromatic nitrogens is 3. The van der Waals surface area contributed by atoms with Crippen LogP contribution < -0.4 is 0 Å². The average Bonchev–Trinajstić information content (AvgIpc) is 3.67. The Bertz CT molecular complexity index is 2830. The fourth-order valence-corrected chi connectivity index (χ4v) is 7.65. The Labute approximate surface area is 267 Å². The second kappa shape index (κ2) is 9.80. The van der Waals surface area contributed by atoms with E-state index < -0.39 is 0 Å². The highest BCUT2D eigenvalue weighted by molar-refractivity contribution is 7.25. The van der Waals surface area contributed by atoms with Gasteiger partial charge in [0.15, 0.2) is 17.5 Å². The summed E-state index contributed by atoms with van der Waals surface area (Å²) in [6, 6.07) is 48.8. The topological polar surface area (TPSA) is 51.8 Å². The summed E-state index contributed by atoms with van der Waals surface area (Å²) in [4.78, 5) is 15.3. The summed E-state index contributed by atoms with van der Waals surface area (Å²) in [6.45, 7) is 0. The Kier molecular flexibility index (Phi) is 5.41. The molecule has 5 heteroatoms. The van der Waals surface area contributed by atoms with E-state index in [1.807, 2.05) is 23.5 Å². The summed E-state index contributed by atoms with van der Waals surface area (Å²) >= 11 is 1.81. The molecule has 3 aromatic heterocycles. The van der Waals surface area contributed by atoms with Crippen LogP contribution in [0.25, 0.3) is 97.8 Å². The lowest BCUT2D eigenvalue weighted by atomic mass is 10.0. The minimum atomic E-state index is 0.641. The number of hydrogen-bond acceptors (Lipinski definition) is 5. The van der Waals surface area contributed by atoms with E-state index in [1.54, 1.807) is 0 Å². The Morgan fingerprint density at radius 1 is 0.370 bits per heavy atom. The van der Waals surface area contributed by atoms with Crippen molar-refractivity contribution in [1.29, 1.82) is 0 Å². The third-order valence-corrected chi connectivity index (χ3v) is 10.0. The molecular formula is C41H23N3OS. The standard InChI is InChI=1S/C41H23N3OS/c1-2-8-25-19-27(15-13-24(25)7-1)39-42-40(44-41(43-39)29-17-18-38-34(21-29)32-10-4-6-12-37(32)46-38)28-16-14-26-23-36-33(22-30(26)20-28)31-9-3-5-11-35(31)45-36/h1-23H. The molecule has 0 saturated carbocycles. The fourth-order valence-electron chi connectivity index (χ4n) is 6.56. The molecule has 0 saturated heterocycles. The van der Waals surface area contributed by atoms with Gasteiger partial charge in [0.05, 0.1) is 0 Å². The third-order valence-electron chi connectivity index (χ3n) is 8.87. The van der Waals surface area contributed by atoms with Gasteiger partial charge in [-0.05, 0) is 76.1 Å². The monoisotopic (exact) mass is 605 g/mol. The van der Waals surface area contributed by atoms with Crippen molar-refractivity contribution >= 4 is 75.0 Å². The lowest BCUT2D eigenvalue weighted by Gasteiger charge is -2.10. The van der Waals surface area contributed by atoms with E-state index in [0.29, 0.717) is 17.5 Å². The summed E-state index contributed by atoms with van der Waals surface area (Å²) in [6.07, 6.45) is 0. The molecule has 0 atom stereocenters. The molecule has 4 nitrogen and oxygen atoms in total. The number of thiophene rings is 1. The van der Waals surface area contributed by atoms with Crippen LogP contribution >= 0.6 is 11.3 Å². The van der Waals surface area contributed by atoms with E-state index in [-0.39, 0.29) is 0 Å². The van der Waals surface area contributed by atoms with Gasteiger partial charge in [0.25, 0.3) is 0 Å². The highest BCUT2D eigenvalue weighted by Gasteiger charge is 2.16. The van der Waals surface area contributed by atoms with Crippen molar-refractivity contribution in [1.82, 2.24) is 15.0 Å². The Balaban J connectivity index is 1.18. The molecule has 0 aliphatic rings. The zero-order valence-electron chi connectivity index (χ0n) is 24.4. The van der Waals surface area contributed by atoms with Crippen LogP contribution in [0.1, 0.15) is 0 Å². The van der Waals surface area contributed by atoms with E-state index in [4.69, 9.17) is 19.4 Å². The second-order valence-corrected chi connectivity index (χ2v) is 12.8. The van der Waals surface area contributed by atoms with Crippen LogP contribution in [0.4, 0.5) is 0 Å². The molecule has 0 bridgehead atoms. The first kappa shape index (κ1) is 25.4. The van der Waals surface area contributed by atoms with Gasteiger partial charge in [-0.1, -0.05) is 84.9 Å². The molecule has 0 aliphatic carbocycles. The number of rotatable bonds is 3. The van der Waals surface area contributed by atoms with Gasteiger partial charge >= 0.3 is 0 Å². The van der Waals surface area contributed by atoms with E-state index >= 15 is 0 Å². The maximum absolute atomic E-state index is 6.15. The molecule has 0 unspecified atom stereocenters. The van der Waals surface area contributed by atoms with E-state index in [1.165, 1.54) is 25.6 Å². The molecule has 46 heavy (non-hydrogen) atoms. The quantitative estimate of drug-likeness (QED) is 0.201. The first-order valence-electron chi connectivity index (χ1n) is 15.3. The first-order chi connectivity index (χ1) is 22.7. The molecule has 10 aromatic rings. The fraction of sp³-hybridized carbons (Fsp3) is 0. The molecule has 0 radical (unpaired) electrons. The average molecular weight is 606 g/mol. The van der Waals surface area contributed by atoms with Crippen molar-refractivity contribution in [2.24, 2.45) is 0 Å². The SMILES string of the molecule is c1ccc2cc(-c3nc(-c4ccc5cc6oc7ccccc7c6cc5c4)nc(-c4ccc5sc6ccccc6c5c4)n3)ccc2c1. The van der Waals surface area contributed by atoms with Gasteiger partial charge in [-0.2, -0.15) is 0 Å². The van der Waals surface area contributed by atoms with Crippen molar-refractivity contribution in [3.05, 3.63) is 140 Å². The lowest BCUT2D eigenvalue weighted by molar-refractivity contribution is 0.669. The molecular weight excluding hydrogens is 583 g/mol. The predicted molar refractivity (Wildman–Crippen MR) is 191 cm³/mol. The summed E-state index contributed by atoms with van der Waals surface area (Å²) in [5.74, 6) is 1.95. The largest absolute Gasteiger partial charge is 0.456 e. The minimum Gasteiger partial charge on any atom is -0.456 e. The maximum Gasteiger partial charge on any atom is 0.164 e. The van der Waals surface area contributed by atoms with Gasteiger partial charge in [-0.25, -0.2) is 15.0 Å². The number of benzene rings is 7. The molecule has 0 fully saturated rings. The van der Waals surface area contributed by atoms with Crippen molar-refractivity contribution in [2.75, 3.05) is 0 Å². The van der Waals surface area contributed by atoms with Crippen molar-refractivity contribution < 1.29 is 4.42 Å². The molecule has 7 aromatic carbocycles. The maximum atomic E-state index is 6.15. The third kappa shape index (κ3) is 4.03. The van der Waals surface area contributed by atoms with Gasteiger partial charge < -0.3 is 4.42 Å². The molecule has 0 N–H and O–H groups in total. The molecule has 3 heterocycles. The Morgan fingerprint density at radius 3 is 1.78 bits per heavy atom. The van der Waals surface area contributed by atoms with Crippen LogP contribution in [0.5, 0.6) is 0 Å². The van der Waals surface area contributed by atoms with Crippen LogP contribution in [-0.2, 0) is 0 Å². The van der Waals surface area contributed by atoms with Gasteiger partial charge in [0.1, 0.15) is 11.2 Å². The van der Waals surface area contributed by atoms with E-state index in [2.05, 4.69) is 127 Å². The smallest absolute Gasteiger partial charge is 0.164 e. The van der Waals surface area contributed by atoms with Crippen molar-refractivity contribution in [2.45, 2.75) is 0 Å². The van der Waals surface area contributed by atoms with Crippen LogP contribution in [0.15, 0.2) is 144 Å². The highest BCUT2D eigenvalue weighted by Crippen LogP contribution is 2.37. The summed E-state index contributed by atoms with van der Waals surface area (Å²) < 4.78 is 8.68. The van der Waals surface area contributed by atoms with Crippen LogP contribution in [-0.4, -0.2) is 15.0 Å². The Morgan fingerprint density at radius 2 is 0.957 bits per heavy atom. The number of fused-ring (bicyclic) bond motifs is 8. The number of hydrogen-bond donors (Lipinski definition) is 0. The summed E-state index contributed by atoms with van der Waals surface area (Å²) in [7, 11) is 0. The summed E-state index contributed by atoms with van der Waals surface area (Å²) in [5, 5.41) is 9.23. The van der Waals surface area contributed by atoms with Crippen LogP contribution in [0, 0.1) is 0 Å². The van der Waals surface area contributed by atoms with Gasteiger partial charge in [0, 0.05) is 47.6 Å². The number of nitrogens with zero attached hydrogens (tertiary/aromatic N) is 3. The highest BCUT2D eigenvalue weighted by atomic mass is 32.1. The summed E-state index contributed by atoms with van der Waals surface area (Å²) in [5.41, 5.74) is 4.64. The number of para-hydroxylation sites is 1. The van der Waals surface area contributed by atoms with Crippen molar-refractivity contribution in [3.63, 3.8) is 0 Å². The zero-order chi connectivity index (χ0) is 30.2. The molecule has 0 aliphatic heterocycles. The molecule has 10 rings (SSSR count). The molecule has 214 valence electrons. The Hall–Kier alpha value is -5.91. The van der Waals surface area contributed by atoms with E-state index in [9.17, 15) is 0 Å². The minimum absolute atomic E-state index is 0.641. The van der Waals surface area contributed by atoms with Crippen LogP contribution in [0.3, 0.4) is 0 Å². The van der Waals surface area contributed by atoms with Crippen LogP contribution in [0.2, 0.25) is 0 Å². The van der Waals surface area contributed by atoms with Gasteiger partial charge in [-0.3, -0.25) is 0 Å². The zero-order valence-corrected chi connectivity index (χ0v) is 25.3. The second-order valence-electron chi connectivity index (χ2n) is 11.7. The van der Waals surface area contributed by atoms with Gasteiger partial charge in [-0.15, -0.1) is 11.3 Å². The molecule has 0 amide bonds. The van der Waals surface area contributed by atoms with Gasteiger partial charge in [0.2, 0.25) is 0 Å². The number of furan rings is 1. The predicted octanol–water partition coefficient (Wildman–Crippen LogP) is 11.4. The van der Waals surface area contributed by atoms with Crippen molar-refractivity contribution in [3.8, 4) is 34.2 Å². The molecule has 0 spiro atoms.